The van der Waals surface area contributed by atoms with Gasteiger partial charge in [-0.3, -0.25) is 0 Å². The second-order valence-corrected chi connectivity index (χ2v) is 3.08. The van der Waals surface area contributed by atoms with Crippen LogP contribution >= 0.6 is 0 Å². The van der Waals surface area contributed by atoms with Crippen LogP contribution in [0.2, 0.25) is 0 Å². The lowest BCUT2D eigenvalue weighted by molar-refractivity contribution is 0.102. The van der Waals surface area contributed by atoms with Crippen molar-refractivity contribution in [1.29, 1.82) is 0 Å². The number of rotatable bonds is 2. The minimum absolute atomic E-state index is 0.0744. The van der Waals surface area contributed by atoms with Crippen molar-refractivity contribution in [2.75, 3.05) is 0 Å². The van der Waals surface area contributed by atoms with Crippen LogP contribution in [-0.4, -0.2) is 0 Å². The van der Waals surface area contributed by atoms with Crippen molar-refractivity contribution in [3.63, 3.8) is 0 Å². The van der Waals surface area contributed by atoms with Crippen molar-refractivity contribution in [2.45, 2.75) is 25.5 Å². The normalized spacial score (nSPS) is 21.5. The van der Waals surface area contributed by atoms with E-state index in [1.807, 2.05) is 18.2 Å². The van der Waals surface area contributed by atoms with E-state index < -0.39 is 0 Å². The van der Waals surface area contributed by atoms with Gasteiger partial charge in [0.05, 0.1) is 12.8 Å². The summed E-state index contributed by atoms with van der Waals surface area (Å²) in [5.41, 5.74) is 5.44. The van der Waals surface area contributed by atoms with E-state index in [-0.39, 0.29) is 6.10 Å². The van der Waals surface area contributed by atoms with Crippen LogP contribution in [0.4, 0.5) is 0 Å². The van der Waals surface area contributed by atoms with E-state index in [9.17, 15) is 0 Å². The lowest BCUT2D eigenvalue weighted by Crippen LogP contribution is -2.02. The molecule has 1 aromatic rings. The maximum atomic E-state index is 5.49. The number of nitrogens with two attached hydrogens (primary N) is 1. The van der Waals surface area contributed by atoms with Crippen molar-refractivity contribution in [2.24, 2.45) is 5.73 Å². The third kappa shape index (κ3) is 1.75. The number of allylic oxidation sites excluding steroid dienone is 1. The molecule has 0 bridgehead atoms. The predicted molar refractivity (Wildman–Crippen MR) is 48.8 cm³/mol. The van der Waals surface area contributed by atoms with Gasteiger partial charge >= 0.3 is 0 Å². The highest BCUT2D eigenvalue weighted by Crippen LogP contribution is 2.27. The van der Waals surface area contributed by atoms with Crippen molar-refractivity contribution in [3.05, 3.63) is 36.0 Å². The average Bonchev–Trinajstić information content (AvgIpc) is 2.67. The fourth-order valence-corrected chi connectivity index (χ4v) is 1.42. The highest BCUT2D eigenvalue weighted by Gasteiger charge is 2.16. The molecule has 1 atom stereocenters. The van der Waals surface area contributed by atoms with Crippen molar-refractivity contribution >= 4 is 0 Å². The Kier molecular flexibility index (Phi) is 2.36. The molecule has 2 rings (SSSR count). The van der Waals surface area contributed by atoms with Crippen molar-refractivity contribution in [3.8, 4) is 0 Å². The number of ether oxygens (including phenoxy) is 1. The smallest absolute Gasteiger partial charge is 0.155 e. The molecule has 0 amide bonds. The van der Waals surface area contributed by atoms with E-state index in [0.717, 1.165) is 24.4 Å². The molecule has 3 nitrogen and oxygen atoms in total. The first-order chi connectivity index (χ1) is 6.40. The van der Waals surface area contributed by atoms with Gasteiger partial charge in [-0.15, -0.1) is 0 Å². The van der Waals surface area contributed by atoms with Crippen LogP contribution in [0.3, 0.4) is 0 Å². The quantitative estimate of drug-likeness (QED) is 0.756. The molecule has 0 aromatic carbocycles. The second-order valence-electron chi connectivity index (χ2n) is 3.08. The Morgan fingerprint density at radius 2 is 2.38 bits per heavy atom. The molecule has 0 radical (unpaired) electrons. The predicted octanol–water partition coefficient (Wildman–Crippen LogP) is 2.10. The van der Waals surface area contributed by atoms with Crippen LogP contribution in [0.25, 0.3) is 0 Å². The molecule has 0 saturated heterocycles. The Labute approximate surface area is 77.2 Å². The number of furan rings is 1. The zero-order chi connectivity index (χ0) is 9.10. The van der Waals surface area contributed by atoms with Gasteiger partial charge in [0.2, 0.25) is 0 Å². The van der Waals surface area contributed by atoms with Gasteiger partial charge in [0.25, 0.3) is 0 Å². The van der Waals surface area contributed by atoms with Gasteiger partial charge in [0, 0.05) is 0 Å². The van der Waals surface area contributed by atoms with E-state index in [1.165, 1.54) is 0 Å². The molecule has 70 valence electrons. The van der Waals surface area contributed by atoms with E-state index in [4.69, 9.17) is 14.9 Å². The summed E-state index contributed by atoms with van der Waals surface area (Å²) < 4.78 is 10.9. The fraction of sp³-hybridized carbons (Fsp3) is 0.400. The van der Waals surface area contributed by atoms with Crippen LogP contribution in [0.1, 0.15) is 30.5 Å². The first kappa shape index (κ1) is 8.38. The Morgan fingerprint density at radius 3 is 3.00 bits per heavy atom. The van der Waals surface area contributed by atoms with Crippen LogP contribution in [0.5, 0.6) is 0 Å². The van der Waals surface area contributed by atoms with Gasteiger partial charge < -0.3 is 14.9 Å². The van der Waals surface area contributed by atoms with Gasteiger partial charge in [0.1, 0.15) is 11.5 Å². The molecule has 0 spiro atoms. The molecule has 0 saturated carbocycles. The summed E-state index contributed by atoms with van der Waals surface area (Å²) in [6, 6.07) is 3.84. The van der Waals surface area contributed by atoms with E-state index >= 15 is 0 Å². The van der Waals surface area contributed by atoms with Gasteiger partial charge in [0.15, 0.2) is 6.10 Å². The minimum Gasteiger partial charge on any atom is -0.490 e. The molecule has 13 heavy (non-hydrogen) atoms. The molecular weight excluding hydrogens is 166 g/mol. The summed E-state index contributed by atoms with van der Waals surface area (Å²) in [6.45, 7) is 0.447. The SMILES string of the molecule is NCc1ccc([C@@H]2CCC=CO2)o1. The third-order valence-corrected chi connectivity index (χ3v) is 2.14. The van der Waals surface area contributed by atoms with Crippen molar-refractivity contribution in [1.82, 2.24) is 0 Å². The number of hydrogen-bond acceptors (Lipinski definition) is 3. The summed E-state index contributed by atoms with van der Waals surface area (Å²) in [6.07, 6.45) is 5.85. The first-order valence-corrected chi connectivity index (χ1v) is 4.49. The molecule has 0 aliphatic carbocycles. The summed E-state index contributed by atoms with van der Waals surface area (Å²) in [4.78, 5) is 0. The second kappa shape index (κ2) is 3.66. The molecular formula is C10H13NO2. The molecule has 1 aliphatic rings. The minimum atomic E-state index is 0.0744. The van der Waals surface area contributed by atoms with Crippen LogP contribution in [0.15, 0.2) is 28.9 Å². The largest absolute Gasteiger partial charge is 0.490 e. The monoisotopic (exact) mass is 179 g/mol. The topological polar surface area (TPSA) is 48.4 Å². The fourth-order valence-electron chi connectivity index (χ4n) is 1.42. The highest BCUT2D eigenvalue weighted by atomic mass is 16.5. The van der Waals surface area contributed by atoms with E-state index in [0.29, 0.717) is 6.54 Å². The van der Waals surface area contributed by atoms with Gasteiger partial charge in [-0.25, -0.2) is 0 Å². The Morgan fingerprint density at radius 1 is 1.46 bits per heavy atom. The highest BCUT2D eigenvalue weighted by molar-refractivity contribution is 5.10. The molecule has 3 heteroatoms. The zero-order valence-corrected chi connectivity index (χ0v) is 7.40. The first-order valence-electron chi connectivity index (χ1n) is 4.49. The molecule has 1 aromatic heterocycles. The maximum absolute atomic E-state index is 5.49. The lowest BCUT2D eigenvalue weighted by Gasteiger charge is -2.16. The standard InChI is InChI=1S/C10H13NO2/c11-7-8-4-5-10(13-8)9-3-1-2-6-12-9/h2,4-6,9H,1,3,7,11H2/t9-/m0/s1. The lowest BCUT2D eigenvalue weighted by atomic mass is 10.1. The zero-order valence-electron chi connectivity index (χ0n) is 7.40. The summed E-state index contributed by atoms with van der Waals surface area (Å²) in [5, 5.41) is 0. The van der Waals surface area contributed by atoms with Gasteiger partial charge in [-0.1, -0.05) is 0 Å². The van der Waals surface area contributed by atoms with Crippen molar-refractivity contribution < 1.29 is 9.15 Å². The summed E-state index contributed by atoms with van der Waals surface area (Å²) in [5.74, 6) is 1.69. The van der Waals surface area contributed by atoms with Crippen LogP contribution in [0, 0.1) is 0 Å². The molecule has 0 unspecified atom stereocenters. The number of hydrogen-bond donors (Lipinski definition) is 1. The Hall–Kier alpha value is -1.22. The average molecular weight is 179 g/mol. The molecule has 2 heterocycles. The molecule has 1 aliphatic heterocycles. The maximum Gasteiger partial charge on any atom is 0.155 e. The summed E-state index contributed by atoms with van der Waals surface area (Å²) in [7, 11) is 0. The van der Waals surface area contributed by atoms with Gasteiger partial charge in [-0.05, 0) is 31.1 Å². The Bertz CT molecular complexity index is 304. The van der Waals surface area contributed by atoms with Crippen LogP contribution in [-0.2, 0) is 11.3 Å². The van der Waals surface area contributed by atoms with Gasteiger partial charge in [-0.2, -0.15) is 0 Å². The molecule has 2 N–H and O–H groups in total. The molecule has 0 fully saturated rings. The van der Waals surface area contributed by atoms with Crippen LogP contribution < -0.4 is 5.73 Å². The van der Waals surface area contributed by atoms with E-state index in [1.54, 1.807) is 6.26 Å². The third-order valence-electron chi connectivity index (χ3n) is 2.14. The Balaban J connectivity index is 2.10. The summed E-state index contributed by atoms with van der Waals surface area (Å²) >= 11 is 0. The van der Waals surface area contributed by atoms with E-state index in [2.05, 4.69) is 0 Å².